The van der Waals surface area contributed by atoms with Crippen molar-refractivity contribution < 1.29 is 18.0 Å². The highest BCUT2D eigenvalue weighted by Gasteiger charge is 2.34. The van der Waals surface area contributed by atoms with Crippen LogP contribution in [0.4, 0.5) is 5.69 Å². The van der Waals surface area contributed by atoms with Gasteiger partial charge < -0.3 is 10.2 Å². The largest absolute Gasteiger partial charge is 0.352 e. The van der Waals surface area contributed by atoms with Gasteiger partial charge in [0.2, 0.25) is 21.8 Å². The first-order valence-corrected chi connectivity index (χ1v) is 16.3. The molecule has 1 aliphatic carbocycles. The molecule has 3 aromatic carbocycles. The molecule has 2 amide bonds. The lowest BCUT2D eigenvalue weighted by atomic mass is 9.94. The lowest BCUT2D eigenvalue weighted by Crippen LogP contribution is -2.55. The van der Waals surface area contributed by atoms with Crippen molar-refractivity contribution in [1.82, 2.24) is 10.2 Å². The highest BCUT2D eigenvalue weighted by atomic mass is 35.5. The molecule has 3 aromatic rings. The Hall–Kier alpha value is -3.07. The zero-order valence-electron chi connectivity index (χ0n) is 23.0. The first-order chi connectivity index (χ1) is 19.6. The third kappa shape index (κ3) is 8.71. The Bertz CT molecular complexity index is 1430. The van der Waals surface area contributed by atoms with Crippen LogP contribution in [0.1, 0.15) is 43.2 Å². The highest BCUT2D eigenvalue weighted by Crippen LogP contribution is 2.26. The average Bonchev–Trinajstić information content (AvgIpc) is 2.96. The Morgan fingerprint density at radius 1 is 0.878 bits per heavy atom. The van der Waals surface area contributed by atoms with Gasteiger partial charge in [-0.1, -0.05) is 97.1 Å². The summed E-state index contributed by atoms with van der Waals surface area (Å²) >= 11 is 12.4. The predicted molar refractivity (Wildman–Crippen MR) is 165 cm³/mol. The van der Waals surface area contributed by atoms with Crippen LogP contribution in [-0.2, 0) is 32.6 Å². The number of rotatable bonds is 11. The number of carbonyl (C=O) groups is 2. The number of benzene rings is 3. The summed E-state index contributed by atoms with van der Waals surface area (Å²) in [6, 6.07) is 22.1. The standard InChI is InChI=1S/C31H35Cl2N3O4S/c1-41(39,40)36(26-15-9-4-10-16-26)22-30(37)35(21-24-17-18-27(32)28(33)19-24)29(20-23-11-5-2-6-12-23)31(38)34-25-13-7-3-8-14-25/h2,4-6,9-12,15-19,25,29H,3,7-8,13-14,20-22H2,1H3,(H,34,38)/t29-/m0/s1. The molecule has 0 aliphatic heterocycles. The number of para-hydroxylation sites is 1. The van der Waals surface area contributed by atoms with Gasteiger partial charge in [0.1, 0.15) is 12.6 Å². The number of nitrogens with zero attached hydrogens (tertiary/aromatic N) is 2. The molecule has 41 heavy (non-hydrogen) atoms. The summed E-state index contributed by atoms with van der Waals surface area (Å²) in [6.07, 6.45) is 6.33. The number of anilines is 1. The predicted octanol–water partition coefficient (Wildman–Crippen LogP) is 5.85. The van der Waals surface area contributed by atoms with E-state index < -0.39 is 28.5 Å². The van der Waals surface area contributed by atoms with Gasteiger partial charge in [0.15, 0.2) is 0 Å². The molecule has 1 atom stereocenters. The lowest BCUT2D eigenvalue weighted by Gasteiger charge is -2.35. The zero-order valence-corrected chi connectivity index (χ0v) is 25.3. The Morgan fingerprint density at radius 3 is 2.12 bits per heavy atom. The number of hydrogen-bond acceptors (Lipinski definition) is 4. The normalized spacial score (nSPS) is 14.7. The van der Waals surface area contributed by atoms with Crippen LogP contribution in [0.5, 0.6) is 0 Å². The maximum atomic E-state index is 14.1. The van der Waals surface area contributed by atoms with Crippen LogP contribution in [0.3, 0.4) is 0 Å². The van der Waals surface area contributed by atoms with Crippen molar-refractivity contribution in [2.45, 2.75) is 57.2 Å². The van der Waals surface area contributed by atoms with Gasteiger partial charge in [0, 0.05) is 19.0 Å². The van der Waals surface area contributed by atoms with Gasteiger partial charge in [-0.3, -0.25) is 13.9 Å². The molecule has 7 nitrogen and oxygen atoms in total. The molecular formula is C31H35Cl2N3O4S. The van der Waals surface area contributed by atoms with E-state index in [4.69, 9.17) is 23.2 Å². The molecule has 0 radical (unpaired) electrons. The van der Waals surface area contributed by atoms with Gasteiger partial charge in [-0.05, 0) is 48.2 Å². The van der Waals surface area contributed by atoms with E-state index in [2.05, 4.69) is 5.32 Å². The molecule has 0 spiro atoms. The van der Waals surface area contributed by atoms with Crippen molar-refractivity contribution >= 4 is 50.7 Å². The number of nitrogens with one attached hydrogen (secondary N) is 1. The van der Waals surface area contributed by atoms with Crippen LogP contribution in [0.25, 0.3) is 0 Å². The van der Waals surface area contributed by atoms with Crippen LogP contribution >= 0.6 is 23.2 Å². The molecule has 0 aromatic heterocycles. The lowest BCUT2D eigenvalue weighted by molar-refractivity contribution is -0.140. The van der Waals surface area contributed by atoms with Gasteiger partial charge in [0.05, 0.1) is 22.0 Å². The summed E-state index contributed by atoms with van der Waals surface area (Å²) in [7, 11) is -3.81. The van der Waals surface area contributed by atoms with Gasteiger partial charge in [-0.2, -0.15) is 0 Å². The maximum Gasteiger partial charge on any atom is 0.244 e. The molecule has 0 bridgehead atoms. The maximum absolute atomic E-state index is 14.1. The summed E-state index contributed by atoms with van der Waals surface area (Å²) in [4.78, 5) is 29.5. The van der Waals surface area contributed by atoms with E-state index in [0.29, 0.717) is 21.3 Å². The van der Waals surface area contributed by atoms with Crippen molar-refractivity contribution in [2.75, 3.05) is 17.1 Å². The summed E-state index contributed by atoms with van der Waals surface area (Å²) in [6.45, 7) is -0.427. The second-order valence-electron chi connectivity index (χ2n) is 10.4. The molecule has 1 saturated carbocycles. The Morgan fingerprint density at radius 2 is 1.51 bits per heavy atom. The molecule has 0 heterocycles. The molecule has 218 valence electrons. The number of hydrogen-bond donors (Lipinski definition) is 1. The van der Waals surface area contributed by atoms with Crippen molar-refractivity contribution in [1.29, 1.82) is 0 Å². The fourth-order valence-electron chi connectivity index (χ4n) is 5.14. The second-order valence-corrected chi connectivity index (χ2v) is 13.1. The Balaban J connectivity index is 1.72. The molecule has 1 fully saturated rings. The minimum absolute atomic E-state index is 0.0355. The third-order valence-electron chi connectivity index (χ3n) is 7.28. The smallest absolute Gasteiger partial charge is 0.244 e. The van der Waals surface area contributed by atoms with Crippen molar-refractivity contribution in [3.63, 3.8) is 0 Å². The van der Waals surface area contributed by atoms with Crippen molar-refractivity contribution in [3.05, 3.63) is 100 Å². The summed E-state index contributed by atoms with van der Waals surface area (Å²) in [5, 5.41) is 3.88. The van der Waals surface area contributed by atoms with E-state index in [0.717, 1.165) is 48.2 Å². The van der Waals surface area contributed by atoms with Gasteiger partial charge in [0.25, 0.3) is 0 Å². The van der Waals surface area contributed by atoms with Crippen LogP contribution < -0.4 is 9.62 Å². The average molecular weight is 617 g/mol. The van der Waals surface area contributed by atoms with Crippen LogP contribution in [-0.4, -0.2) is 50.0 Å². The molecule has 0 saturated heterocycles. The minimum atomic E-state index is -3.81. The second kappa shape index (κ2) is 14.2. The molecule has 1 N–H and O–H groups in total. The molecule has 1 aliphatic rings. The van der Waals surface area contributed by atoms with Gasteiger partial charge >= 0.3 is 0 Å². The quantitative estimate of drug-likeness (QED) is 0.293. The number of carbonyl (C=O) groups excluding carboxylic acids is 2. The van der Waals surface area contributed by atoms with E-state index in [1.165, 1.54) is 4.90 Å². The summed E-state index contributed by atoms with van der Waals surface area (Å²) in [5.41, 5.74) is 1.91. The first kappa shape index (κ1) is 30.9. The minimum Gasteiger partial charge on any atom is -0.352 e. The van der Waals surface area contributed by atoms with Crippen molar-refractivity contribution in [3.8, 4) is 0 Å². The molecule has 0 unspecified atom stereocenters. The number of amides is 2. The Kier molecular flexibility index (Phi) is 10.7. The van der Waals surface area contributed by atoms with E-state index in [-0.39, 0.29) is 24.9 Å². The zero-order chi connectivity index (χ0) is 29.4. The fraction of sp³-hybridized carbons (Fsp3) is 0.355. The summed E-state index contributed by atoms with van der Waals surface area (Å²) in [5.74, 6) is -0.773. The van der Waals surface area contributed by atoms with E-state index in [1.54, 1.807) is 48.5 Å². The summed E-state index contributed by atoms with van der Waals surface area (Å²) < 4.78 is 26.7. The number of sulfonamides is 1. The Labute approximate surface area is 252 Å². The first-order valence-electron chi connectivity index (χ1n) is 13.7. The van der Waals surface area contributed by atoms with Crippen LogP contribution in [0.2, 0.25) is 10.0 Å². The molecule has 4 rings (SSSR count). The van der Waals surface area contributed by atoms with Gasteiger partial charge in [-0.15, -0.1) is 0 Å². The SMILES string of the molecule is CS(=O)(=O)N(CC(=O)N(Cc1ccc(Cl)c(Cl)c1)[C@@H](Cc1ccccc1)C(=O)NC1CCCCC1)c1ccccc1. The van der Waals surface area contributed by atoms with E-state index in [1.807, 2.05) is 30.3 Å². The number of halogens is 2. The topological polar surface area (TPSA) is 86.8 Å². The van der Waals surface area contributed by atoms with Gasteiger partial charge in [-0.25, -0.2) is 8.42 Å². The molecule has 10 heteroatoms. The van der Waals surface area contributed by atoms with Crippen molar-refractivity contribution in [2.24, 2.45) is 0 Å². The van der Waals surface area contributed by atoms with E-state index in [9.17, 15) is 18.0 Å². The van der Waals surface area contributed by atoms with E-state index >= 15 is 0 Å². The van der Waals surface area contributed by atoms with Crippen LogP contribution in [0, 0.1) is 0 Å². The van der Waals surface area contributed by atoms with Crippen LogP contribution in [0.15, 0.2) is 78.9 Å². The molecular weight excluding hydrogens is 581 g/mol. The fourth-order valence-corrected chi connectivity index (χ4v) is 6.31. The third-order valence-corrected chi connectivity index (χ3v) is 9.16. The monoisotopic (exact) mass is 615 g/mol. The highest BCUT2D eigenvalue weighted by molar-refractivity contribution is 7.92.